The summed E-state index contributed by atoms with van der Waals surface area (Å²) in [6, 6.07) is 10.3. The van der Waals surface area contributed by atoms with Crippen molar-refractivity contribution < 1.29 is 22.7 Å². The molecule has 0 aliphatic rings. The lowest BCUT2D eigenvalue weighted by atomic mass is 10.2. The number of ether oxygens (including phenoxy) is 1. The lowest BCUT2D eigenvalue weighted by Gasteiger charge is -2.21. The maximum absolute atomic E-state index is 12.9. The highest BCUT2D eigenvalue weighted by Crippen LogP contribution is 2.27. The monoisotopic (exact) mass is 444 g/mol. The Kier molecular flexibility index (Phi) is 7.42. The van der Waals surface area contributed by atoms with E-state index in [0.29, 0.717) is 0 Å². The molecule has 150 valence electrons. The summed E-state index contributed by atoms with van der Waals surface area (Å²) >= 11 is 11.9. The number of sulfonamides is 1. The van der Waals surface area contributed by atoms with E-state index in [1.807, 2.05) is 0 Å². The molecule has 0 fully saturated rings. The number of amides is 1. The Bertz CT molecular complexity index is 995. The van der Waals surface area contributed by atoms with Gasteiger partial charge in [-0.2, -0.15) is 4.31 Å². The Labute approximate surface area is 173 Å². The van der Waals surface area contributed by atoms with Gasteiger partial charge in [0.1, 0.15) is 4.90 Å². The third-order valence-corrected chi connectivity index (χ3v) is 6.43. The molecule has 0 unspecified atom stereocenters. The zero-order valence-electron chi connectivity index (χ0n) is 15.1. The van der Waals surface area contributed by atoms with Gasteiger partial charge in [0.2, 0.25) is 15.9 Å². The summed E-state index contributed by atoms with van der Waals surface area (Å²) in [5.41, 5.74) is 0.371. The second-order valence-corrected chi connectivity index (χ2v) is 8.34. The molecule has 10 heteroatoms. The Morgan fingerprint density at radius 3 is 2.46 bits per heavy atom. The van der Waals surface area contributed by atoms with Crippen molar-refractivity contribution in [2.24, 2.45) is 0 Å². The summed E-state index contributed by atoms with van der Waals surface area (Å²) < 4.78 is 31.4. The van der Waals surface area contributed by atoms with E-state index in [2.05, 4.69) is 10.1 Å². The van der Waals surface area contributed by atoms with Gasteiger partial charge in [-0.15, -0.1) is 0 Å². The van der Waals surface area contributed by atoms with E-state index in [1.54, 1.807) is 19.1 Å². The van der Waals surface area contributed by atoms with Crippen LogP contribution in [-0.4, -0.2) is 44.8 Å². The van der Waals surface area contributed by atoms with Gasteiger partial charge in [0, 0.05) is 11.6 Å². The SMILES string of the molecule is CCN(CC(=O)Nc1ccccc1C(=O)OC)S(=O)(=O)c1cc(Cl)ccc1Cl. The van der Waals surface area contributed by atoms with E-state index in [4.69, 9.17) is 23.2 Å². The van der Waals surface area contributed by atoms with Crippen LogP contribution in [0.1, 0.15) is 17.3 Å². The number of rotatable bonds is 7. The van der Waals surface area contributed by atoms with Crippen molar-refractivity contribution in [1.82, 2.24) is 4.31 Å². The highest BCUT2D eigenvalue weighted by Gasteiger charge is 2.28. The van der Waals surface area contributed by atoms with Crippen molar-refractivity contribution in [2.75, 3.05) is 25.5 Å². The molecule has 0 bridgehead atoms. The topological polar surface area (TPSA) is 92.8 Å². The number of hydrogen-bond acceptors (Lipinski definition) is 5. The largest absolute Gasteiger partial charge is 0.465 e. The molecule has 0 heterocycles. The molecule has 0 spiro atoms. The number of nitrogens with zero attached hydrogens (tertiary/aromatic N) is 1. The molecular weight excluding hydrogens is 427 g/mol. The lowest BCUT2D eigenvalue weighted by molar-refractivity contribution is -0.116. The minimum Gasteiger partial charge on any atom is -0.465 e. The second-order valence-electron chi connectivity index (χ2n) is 5.59. The minimum atomic E-state index is -4.06. The van der Waals surface area contributed by atoms with E-state index < -0.39 is 28.4 Å². The average molecular weight is 445 g/mol. The molecule has 1 amide bonds. The van der Waals surface area contributed by atoms with Crippen LogP contribution in [0.4, 0.5) is 5.69 Å². The van der Waals surface area contributed by atoms with E-state index in [9.17, 15) is 18.0 Å². The van der Waals surface area contributed by atoms with Gasteiger partial charge < -0.3 is 10.1 Å². The average Bonchev–Trinajstić information content (AvgIpc) is 2.67. The number of hydrogen-bond donors (Lipinski definition) is 1. The first-order valence-electron chi connectivity index (χ1n) is 8.13. The van der Waals surface area contributed by atoms with Crippen LogP contribution in [0.15, 0.2) is 47.4 Å². The van der Waals surface area contributed by atoms with Crippen LogP contribution in [-0.2, 0) is 19.6 Å². The Hall–Kier alpha value is -2.13. The number of esters is 1. The fraction of sp³-hybridized carbons (Fsp3) is 0.222. The molecule has 0 aliphatic heterocycles. The fourth-order valence-electron chi connectivity index (χ4n) is 2.41. The summed E-state index contributed by atoms with van der Waals surface area (Å²) in [6.45, 7) is 1.14. The third-order valence-electron chi connectivity index (χ3n) is 3.79. The molecule has 0 atom stereocenters. The first kappa shape index (κ1) is 22.2. The number of halogens is 2. The number of nitrogens with one attached hydrogen (secondary N) is 1. The first-order valence-corrected chi connectivity index (χ1v) is 10.3. The number of carbonyl (C=O) groups excluding carboxylic acids is 2. The van der Waals surface area contributed by atoms with Gasteiger partial charge in [0.25, 0.3) is 0 Å². The number of para-hydroxylation sites is 1. The van der Waals surface area contributed by atoms with Crippen molar-refractivity contribution in [3.8, 4) is 0 Å². The number of carbonyl (C=O) groups is 2. The van der Waals surface area contributed by atoms with Crippen molar-refractivity contribution in [3.63, 3.8) is 0 Å². The van der Waals surface area contributed by atoms with E-state index in [0.717, 1.165) is 4.31 Å². The second kappa shape index (κ2) is 9.38. The van der Waals surface area contributed by atoms with Gasteiger partial charge >= 0.3 is 5.97 Å². The molecule has 7 nitrogen and oxygen atoms in total. The standard InChI is InChI=1S/C18H18Cl2N2O5S/c1-3-22(28(25,26)16-10-12(19)8-9-14(16)20)11-17(23)21-15-7-5-4-6-13(15)18(24)27-2/h4-10H,3,11H2,1-2H3,(H,21,23). The molecule has 0 aromatic heterocycles. The number of likely N-dealkylation sites (N-methyl/N-ethyl adjacent to an activating group) is 1. The van der Waals surface area contributed by atoms with Gasteiger partial charge in [-0.25, -0.2) is 13.2 Å². The lowest BCUT2D eigenvalue weighted by Crippen LogP contribution is -2.38. The van der Waals surface area contributed by atoms with Crippen molar-refractivity contribution in [1.29, 1.82) is 0 Å². The van der Waals surface area contributed by atoms with E-state index in [-0.39, 0.29) is 32.7 Å². The van der Waals surface area contributed by atoms with E-state index >= 15 is 0 Å². The molecule has 2 aromatic carbocycles. The van der Waals surface area contributed by atoms with Crippen LogP contribution < -0.4 is 5.32 Å². The smallest absolute Gasteiger partial charge is 0.339 e. The number of benzene rings is 2. The summed E-state index contributed by atoms with van der Waals surface area (Å²) in [4.78, 5) is 24.1. The van der Waals surface area contributed by atoms with Crippen molar-refractivity contribution >= 4 is 50.8 Å². The normalized spacial score (nSPS) is 11.3. The van der Waals surface area contributed by atoms with Crippen LogP contribution in [0.2, 0.25) is 10.0 Å². The van der Waals surface area contributed by atoms with Crippen LogP contribution in [0.5, 0.6) is 0 Å². The van der Waals surface area contributed by atoms with Crippen molar-refractivity contribution in [2.45, 2.75) is 11.8 Å². The molecule has 1 N–H and O–H groups in total. The quantitative estimate of drug-likeness (QED) is 0.660. The molecule has 0 radical (unpaired) electrons. The predicted molar refractivity (Wildman–Crippen MR) is 107 cm³/mol. The highest BCUT2D eigenvalue weighted by molar-refractivity contribution is 7.89. The predicted octanol–water partition coefficient (Wildman–Crippen LogP) is 3.43. The van der Waals surface area contributed by atoms with Gasteiger partial charge in [-0.05, 0) is 30.3 Å². The zero-order chi connectivity index (χ0) is 20.9. The molecule has 0 saturated heterocycles. The van der Waals surface area contributed by atoms with Crippen LogP contribution in [0, 0.1) is 0 Å². The number of methoxy groups -OCH3 is 1. The van der Waals surface area contributed by atoms with Gasteiger partial charge in [-0.1, -0.05) is 42.3 Å². The van der Waals surface area contributed by atoms with Gasteiger partial charge in [0.05, 0.1) is 29.9 Å². The Morgan fingerprint density at radius 2 is 1.82 bits per heavy atom. The summed E-state index contributed by atoms with van der Waals surface area (Å²) in [6.07, 6.45) is 0. The minimum absolute atomic E-state index is 0.000653. The van der Waals surface area contributed by atoms with Crippen LogP contribution >= 0.6 is 23.2 Å². The summed E-state index contributed by atoms with van der Waals surface area (Å²) in [5, 5.41) is 2.74. The fourth-order valence-corrected chi connectivity index (χ4v) is 4.55. The van der Waals surface area contributed by atoms with Crippen LogP contribution in [0.25, 0.3) is 0 Å². The maximum Gasteiger partial charge on any atom is 0.339 e. The number of anilines is 1. The zero-order valence-corrected chi connectivity index (χ0v) is 17.4. The molecule has 0 saturated carbocycles. The first-order chi connectivity index (χ1) is 13.2. The summed E-state index contributed by atoms with van der Waals surface area (Å²) in [5.74, 6) is -1.25. The molecule has 2 aromatic rings. The van der Waals surface area contributed by atoms with Gasteiger partial charge in [0.15, 0.2) is 0 Å². The third kappa shape index (κ3) is 5.02. The maximum atomic E-state index is 12.9. The van der Waals surface area contributed by atoms with E-state index in [1.165, 1.54) is 37.4 Å². The Morgan fingerprint density at radius 1 is 1.14 bits per heavy atom. The Balaban J connectivity index is 2.25. The molecular formula is C18H18Cl2N2O5S. The van der Waals surface area contributed by atoms with Crippen molar-refractivity contribution in [3.05, 3.63) is 58.1 Å². The highest BCUT2D eigenvalue weighted by atomic mass is 35.5. The molecule has 2 rings (SSSR count). The summed E-state index contributed by atoms with van der Waals surface area (Å²) in [7, 11) is -2.84. The molecule has 0 aliphatic carbocycles. The van der Waals surface area contributed by atoms with Crippen LogP contribution in [0.3, 0.4) is 0 Å². The molecule has 28 heavy (non-hydrogen) atoms. The van der Waals surface area contributed by atoms with Gasteiger partial charge in [-0.3, -0.25) is 4.79 Å².